The van der Waals surface area contributed by atoms with Crippen molar-refractivity contribution < 1.29 is 14.6 Å². The number of nitrogens with one attached hydrogen (secondary N) is 3. The third-order valence-electron chi connectivity index (χ3n) is 1.82. The molecule has 0 radical (unpaired) electrons. The predicted molar refractivity (Wildman–Crippen MR) is 61.5 cm³/mol. The molecule has 1 rings (SSSR count). The maximum Gasteiger partial charge on any atom is 0.322 e. The molecule has 0 spiro atoms. The number of carbonyl (C=O) groups is 1. The summed E-state index contributed by atoms with van der Waals surface area (Å²) in [4.78, 5) is 11.5. The topological polar surface area (TPSA) is 125 Å². The van der Waals surface area contributed by atoms with Gasteiger partial charge in [0.15, 0.2) is 6.29 Å². The van der Waals surface area contributed by atoms with Gasteiger partial charge in [-0.25, -0.2) is 4.79 Å². The van der Waals surface area contributed by atoms with Crippen LogP contribution in [0.25, 0.3) is 0 Å². The van der Waals surface area contributed by atoms with Crippen molar-refractivity contribution in [3.05, 3.63) is 0 Å². The second-order valence-electron chi connectivity index (χ2n) is 3.02. The highest BCUT2D eigenvalue weighted by Gasteiger charge is 2.20. The number of aromatic nitrogens is 4. The number of amides is 2. The summed E-state index contributed by atoms with van der Waals surface area (Å²) in [5, 5.41) is 27.0. The Balaban J connectivity index is 2.46. The fourth-order valence-electron chi connectivity index (χ4n) is 1.06. The van der Waals surface area contributed by atoms with Crippen molar-refractivity contribution in [1.82, 2.24) is 25.9 Å². The Hall–Kier alpha value is -1.39. The Morgan fingerprint density at radius 3 is 3.00 bits per heavy atom. The van der Waals surface area contributed by atoms with E-state index in [0.717, 1.165) is 0 Å². The van der Waals surface area contributed by atoms with Crippen molar-refractivity contribution in [3.63, 3.8) is 0 Å². The molecular formula is C7H14N6O3S. The van der Waals surface area contributed by atoms with Gasteiger partial charge in [-0.15, -0.1) is 5.10 Å². The van der Waals surface area contributed by atoms with Crippen LogP contribution in [0, 0.1) is 0 Å². The molecule has 96 valence electrons. The number of H-pyrrole nitrogens is 1. The van der Waals surface area contributed by atoms with Crippen LogP contribution in [0.1, 0.15) is 0 Å². The number of hydrogen-bond donors (Lipinski definition) is 4. The molecule has 0 aliphatic heterocycles. The number of methoxy groups -OCH3 is 1. The number of aromatic amines is 1. The van der Waals surface area contributed by atoms with E-state index in [9.17, 15) is 9.90 Å². The van der Waals surface area contributed by atoms with Crippen LogP contribution in [0.2, 0.25) is 0 Å². The number of aliphatic hydroxyl groups is 1. The molecule has 0 aromatic carbocycles. The van der Waals surface area contributed by atoms with Crippen LogP contribution in [0.5, 0.6) is 0 Å². The molecule has 2 amide bonds. The molecular weight excluding hydrogens is 248 g/mol. The van der Waals surface area contributed by atoms with Crippen LogP contribution in [0.15, 0.2) is 0 Å². The number of hydrogen-bond acceptors (Lipinski definition) is 7. The number of tetrazole rings is 1. The maximum atomic E-state index is 11.5. The smallest absolute Gasteiger partial charge is 0.322 e. The molecule has 4 N–H and O–H groups in total. The Morgan fingerprint density at radius 1 is 1.71 bits per heavy atom. The Labute approximate surface area is 102 Å². The van der Waals surface area contributed by atoms with E-state index in [2.05, 4.69) is 31.3 Å². The molecule has 2 atom stereocenters. The summed E-state index contributed by atoms with van der Waals surface area (Å²) in [5.74, 6) is 0.562. The van der Waals surface area contributed by atoms with Crippen molar-refractivity contribution in [2.24, 2.45) is 0 Å². The van der Waals surface area contributed by atoms with Gasteiger partial charge in [-0.1, -0.05) is 5.10 Å². The normalized spacial score (nSPS) is 14.1. The van der Waals surface area contributed by atoms with Gasteiger partial charge in [0, 0.05) is 12.9 Å². The number of rotatable bonds is 6. The van der Waals surface area contributed by atoms with E-state index in [-0.39, 0.29) is 5.95 Å². The molecule has 2 unspecified atom stereocenters. The Morgan fingerprint density at radius 2 is 2.47 bits per heavy atom. The first-order valence-corrected chi connectivity index (χ1v) is 6.07. The fourth-order valence-corrected chi connectivity index (χ4v) is 1.67. The minimum Gasteiger partial charge on any atom is -0.366 e. The fraction of sp³-hybridized carbons (Fsp3) is 0.714. The average molecular weight is 262 g/mol. The first-order valence-electron chi connectivity index (χ1n) is 4.68. The quantitative estimate of drug-likeness (QED) is 0.485. The molecule has 1 aromatic heterocycles. The molecule has 0 bridgehead atoms. The first kappa shape index (κ1) is 13.7. The van der Waals surface area contributed by atoms with Crippen molar-refractivity contribution in [3.8, 4) is 0 Å². The van der Waals surface area contributed by atoms with Gasteiger partial charge < -0.3 is 15.2 Å². The number of ether oxygens (including phenoxy) is 1. The van der Waals surface area contributed by atoms with E-state index >= 15 is 0 Å². The van der Waals surface area contributed by atoms with Gasteiger partial charge in [0.05, 0.1) is 6.04 Å². The molecule has 9 nitrogen and oxygen atoms in total. The standard InChI is InChI=1S/C7H14N6O3S/c1-16-5(14)4(3-17-2)8-7(15)9-6-10-12-13-11-6/h4-5,14H,3H2,1-2H3,(H3,8,9,10,11,12,13,15). The van der Waals surface area contributed by atoms with Gasteiger partial charge in [-0.3, -0.25) is 5.32 Å². The Kier molecular flexibility index (Phi) is 5.66. The molecule has 0 fully saturated rings. The number of thioether (sulfide) groups is 1. The lowest BCUT2D eigenvalue weighted by molar-refractivity contribution is -0.0893. The molecule has 1 heterocycles. The second-order valence-corrected chi connectivity index (χ2v) is 3.93. The predicted octanol–water partition coefficient (Wildman–Crippen LogP) is -0.982. The van der Waals surface area contributed by atoms with E-state index in [1.165, 1.54) is 18.9 Å². The first-order chi connectivity index (χ1) is 8.17. The van der Waals surface area contributed by atoms with Gasteiger partial charge in [0.2, 0.25) is 0 Å². The lowest BCUT2D eigenvalue weighted by Gasteiger charge is -2.21. The van der Waals surface area contributed by atoms with E-state index in [0.29, 0.717) is 5.75 Å². The Bertz CT molecular complexity index is 334. The molecule has 1 aromatic rings. The SMILES string of the molecule is COC(O)C(CSC)NC(=O)Nc1nn[nH]n1. The zero-order valence-corrected chi connectivity index (χ0v) is 10.2. The van der Waals surface area contributed by atoms with Crippen molar-refractivity contribution in [1.29, 1.82) is 0 Å². The molecule has 17 heavy (non-hydrogen) atoms. The van der Waals surface area contributed by atoms with Gasteiger partial charge in [0.1, 0.15) is 0 Å². The van der Waals surface area contributed by atoms with Crippen molar-refractivity contribution in [2.45, 2.75) is 12.3 Å². The maximum absolute atomic E-state index is 11.5. The van der Waals surface area contributed by atoms with Crippen molar-refractivity contribution in [2.75, 3.05) is 24.4 Å². The summed E-state index contributed by atoms with van der Waals surface area (Å²) >= 11 is 1.47. The van der Waals surface area contributed by atoms with Gasteiger partial charge in [0.25, 0.3) is 5.95 Å². The molecule has 0 aliphatic carbocycles. The summed E-state index contributed by atoms with van der Waals surface area (Å²) in [6, 6.07) is -1.07. The number of urea groups is 1. The van der Waals surface area contributed by atoms with Gasteiger partial charge >= 0.3 is 6.03 Å². The summed E-state index contributed by atoms with van der Waals surface area (Å²) < 4.78 is 4.75. The van der Waals surface area contributed by atoms with E-state index in [4.69, 9.17) is 4.74 Å². The molecule has 0 saturated heterocycles. The highest BCUT2D eigenvalue weighted by atomic mass is 32.2. The number of carbonyl (C=O) groups excluding carboxylic acids is 1. The summed E-state index contributed by atoms with van der Waals surface area (Å²) in [7, 11) is 1.36. The number of nitrogens with zero attached hydrogens (tertiary/aromatic N) is 3. The van der Waals surface area contributed by atoms with Crippen LogP contribution in [-0.2, 0) is 4.74 Å². The summed E-state index contributed by atoms with van der Waals surface area (Å²) in [6.07, 6.45) is 0.784. The monoisotopic (exact) mass is 262 g/mol. The molecule has 10 heteroatoms. The second kappa shape index (κ2) is 7.04. The lowest BCUT2D eigenvalue weighted by atomic mass is 10.3. The largest absolute Gasteiger partial charge is 0.366 e. The molecule has 0 aliphatic rings. The van der Waals surface area contributed by atoms with Gasteiger partial charge in [-0.05, 0) is 11.5 Å². The highest BCUT2D eigenvalue weighted by Crippen LogP contribution is 2.03. The van der Waals surface area contributed by atoms with Crippen LogP contribution in [-0.4, -0.2) is 63.2 Å². The van der Waals surface area contributed by atoms with Crippen molar-refractivity contribution >= 4 is 23.7 Å². The van der Waals surface area contributed by atoms with E-state index in [1.54, 1.807) is 0 Å². The third kappa shape index (κ3) is 4.54. The molecule has 0 saturated carbocycles. The lowest BCUT2D eigenvalue weighted by Crippen LogP contribution is -2.47. The zero-order chi connectivity index (χ0) is 12.7. The van der Waals surface area contributed by atoms with Crippen LogP contribution >= 0.6 is 11.8 Å². The van der Waals surface area contributed by atoms with Crippen LogP contribution in [0.4, 0.5) is 10.7 Å². The third-order valence-corrected chi connectivity index (χ3v) is 2.51. The minimum absolute atomic E-state index is 0.0531. The van der Waals surface area contributed by atoms with E-state index < -0.39 is 18.4 Å². The summed E-state index contributed by atoms with van der Waals surface area (Å²) in [5.41, 5.74) is 0. The highest BCUT2D eigenvalue weighted by molar-refractivity contribution is 7.98. The van der Waals surface area contributed by atoms with Crippen LogP contribution in [0.3, 0.4) is 0 Å². The van der Waals surface area contributed by atoms with E-state index in [1.807, 2.05) is 6.26 Å². The summed E-state index contributed by atoms with van der Waals surface area (Å²) in [6.45, 7) is 0. The zero-order valence-electron chi connectivity index (χ0n) is 9.38. The minimum atomic E-state index is -1.07. The van der Waals surface area contributed by atoms with Gasteiger partial charge in [-0.2, -0.15) is 17.0 Å². The number of aliphatic hydroxyl groups excluding tert-OH is 1. The van der Waals surface area contributed by atoms with Crippen LogP contribution < -0.4 is 10.6 Å². The number of anilines is 1. The average Bonchev–Trinajstić information content (AvgIpc) is 2.80.